The third-order valence-electron chi connectivity index (χ3n) is 3.14. The van der Waals surface area contributed by atoms with Crippen LogP contribution < -0.4 is 0 Å². The number of hydrogen-bond donors (Lipinski definition) is 1. The lowest BCUT2D eigenvalue weighted by molar-refractivity contribution is 0.835. The first kappa shape index (κ1) is 11.9. The number of aromatic nitrogens is 2. The zero-order valence-corrected chi connectivity index (χ0v) is 11.6. The molecule has 1 N–H and O–H groups in total. The van der Waals surface area contributed by atoms with Crippen LogP contribution in [-0.2, 0) is 24.3 Å². The topological polar surface area (TPSA) is 28.7 Å². The molecule has 0 saturated carbocycles. The monoisotopic (exact) mass is 274 g/mol. The van der Waals surface area contributed by atoms with Gasteiger partial charge < -0.3 is 4.98 Å². The molecule has 1 aromatic heterocycles. The number of rotatable bonds is 3. The molecule has 2 aromatic rings. The molecule has 1 aliphatic rings. The Morgan fingerprint density at radius 2 is 2.00 bits per heavy atom. The first-order valence-corrected chi connectivity index (χ1v) is 7.62. The van der Waals surface area contributed by atoms with Gasteiger partial charge in [-0.2, -0.15) is 11.8 Å². The molecule has 1 aliphatic heterocycles. The van der Waals surface area contributed by atoms with Crippen molar-refractivity contribution in [3.05, 3.63) is 57.6 Å². The zero-order valence-electron chi connectivity index (χ0n) is 9.98. The van der Waals surface area contributed by atoms with Gasteiger partial charge in [-0.1, -0.05) is 42.5 Å². The van der Waals surface area contributed by atoms with E-state index in [1.165, 1.54) is 16.8 Å². The molecule has 92 valence electrons. The van der Waals surface area contributed by atoms with Crippen molar-refractivity contribution >= 4 is 24.0 Å². The zero-order chi connectivity index (χ0) is 12.4. The van der Waals surface area contributed by atoms with E-state index >= 15 is 0 Å². The van der Waals surface area contributed by atoms with Crippen molar-refractivity contribution in [2.75, 3.05) is 0 Å². The molecule has 0 aliphatic carbocycles. The van der Waals surface area contributed by atoms with Crippen LogP contribution in [0.4, 0.5) is 0 Å². The number of thioether (sulfide) groups is 1. The Bertz CT molecular complexity index is 605. The smallest absolute Gasteiger partial charge is 0.134 e. The molecule has 2 heterocycles. The van der Waals surface area contributed by atoms with E-state index in [-0.39, 0.29) is 0 Å². The van der Waals surface area contributed by atoms with Gasteiger partial charge in [0.15, 0.2) is 0 Å². The van der Waals surface area contributed by atoms with Crippen LogP contribution in [0.3, 0.4) is 0 Å². The van der Waals surface area contributed by atoms with E-state index in [2.05, 4.69) is 34.2 Å². The van der Waals surface area contributed by atoms with Crippen LogP contribution in [0.5, 0.6) is 0 Å². The Labute approximate surface area is 116 Å². The second-order valence-electron chi connectivity index (χ2n) is 4.42. The number of hydrogen-bond acceptors (Lipinski definition) is 3. The number of benzene rings is 1. The van der Waals surface area contributed by atoms with Crippen molar-refractivity contribution < 1.29 is 0 Å². The van der Waals surface area contributed by atoms with Gasteiger partial charge >= 0.3 is 0 Å². The second kappa shape index (κ2) is 5.24. The standard InChI is InChI=1S/C14H14N2S2/c17-14-11-8-18-9-12(11)15-13(16-14)7-6-10-4-2-1-3-5-10/h1-5H,6-9H2,(H,15,16,17). The molecule has 18 heavy (non-hydrogen) atoms. The maximum atomic E-state index is 5.35. The highest BCUT2D eigenvalue weighted by Gasteiger charge is 2.14. The highest BCUT2D eigenvalue weighted by molar-refractivity contribution is 7.98. The van der Waals surface area contributed by atoms with Gasteiger partial charge in [0.25, 0.3) is 0 Å². The quantitative estimate of drug-likeness (QED) is 0.866. The minimum absolute atomic E-state index is 0.789. The van der Waals surface area contributed by atoms with E-state index in [1.54, 1.807) is 0 Å². The summed E-state index contributed by atoms with van der Waals surface area (Å²) in [5, 5.41) is 0. The van der Waals surface area contributed by atoms with Crippen LogP contribution >= 0.6 is 24.0 Å². The van der Waals surface area contributed by atoms with Gasteiger partial charge in [0, 0.05) is 29.2 Å². The van der Waals surface area contributed by atoms with Gasteiger partial charge in [0.05, 0.1) is 0 Å². The molecule has 0 saturated heterocycles. The Morgan fingerprint density at radius 3 is 2.83 bits per heavy atom. The molecule has 0 atom stereocenters. The second-order valence-corrected chi connectivity index (χ2v) is 5.80. The number of H-pyrrole nitrogens is 1. The fraction of sp³-hybridized carbons (Fsp3) is 0.286. The molecule has 3 rings (SSSR count). The summed E-state index contributed by atoms with van der Waals surface area (Å²) in [6, 6.07) is 10.5. The minimum Gasteiger partial charge on any atom is -0.346 e. The maximum Gasteiger partial charge on any atom is 0.134 e. The molecule has 1 aromatic carbocycles. The van der Waals surface area contributed by atoms with Gasteiger partial charge in [-0.05, 0) is 12.0 Å². The average molecular weight is 274 g/mol. The van der Waals surface area contributed by atoms with Gasteiger partial charge in [-0.15, -0.1) is 0 Å². The summed E-state index contributed by atoms with van der Waals surface area (Å²) in [5.41, 5.74) is 3.86. The van der Waals surface area contributed by atoms with Crippen LogP contribution in [0, 0.1) is 4.64 Å². The van der Waals surface area contributed by atoms with Crippen LogP contribution in [0.2, 0.25) is 0 Å². The predicted octanol–water partition coefficient (Wildman–Crippen LogP) is 3.67. The summed E-state index contributed by atoms with van der Waals surface area (Å²) < 4.78 is 0.789. The summed E-state index contributed by atoms with van der Waals surface area (Å²) in [6.45, 7) is 0. The van der Waals surface area contributed by atoms with Crippen molar-refractivity contribution in [3.63, 3.8) is 0 Å². The van der Waals surface area contributed by atoms with Crippen molar-refractivity contribution in [2.45, 2.75) is 24.3 Å². The van der Waals surface area contributed by atoms with Gasteiger partial charge in [0.1, 0.15) is 10.5 Å². The molecule has 0 fully saturated rings. The Kier molecular flexibility index (Phi) is 3.48. The third-order valence-corrected chi connectivity index (χ3v) is 4.46. The highest BCUT2D eigenvalue weighted by atomic mass is 32.2. The maximum absolute atomic E-state index is 5.35. The first-order chi connectivity index (χ1) is 8.83. The van der Waals surface area contributed by atoms with E-state index in [0.717, 1.165) is 34.8 Å². The average Bonchev–Trinajstić information content (AvgIpc) is 2.86. The van der Waals surface area contributed by atoms with Crippen molar-refractivity contribution in [1.82, 2.24) is 9.97 Å². The highest BCUT2D eigenvalue weighted by Crippen LogP contribution is 2.28. The molecule has 2 nitrogen and oxygen atoms in total. The van der Waals surface area contributed by atoms with Gasteiger partial charge in [0.2, 0.25) is 0 Å². The molecule has 4 heteroatoms. The minimum atomic E-state index is 0.789. The molecule has 0 amide bonds. The fourth-order valence-corrected chi connectivity index (χ4v) is 3.61. The molecule has 0 spiro atoms. The van der Waals surface area contributed by atoms with Crippen LogP contribution in [0.15, 0.2) is 30.3 Å². The summed E-state index contributed by atoms with van der Waals surface area (Å²) in [4.78, 5) is 7.94. The summed E-state index contributed by atoms with van der Waals surface area (Å²) >= 11 is 7.25. The van der Waals surface area contributed by atoms with Gasteiger partial charge in [-0.25, -0.2) is 4.98 Å². The predicted molar refractivity (Wildman–Crippen MR) is 78.3 cm³/mol. The number of aryl methyl sites for hydroxylation is 2. The van der Waals surface area contributed by atoms with E-state index in [4.69, 9.17) is 12.2 Å². The van der Waals surface area contributed by atoms with Crippen LogP contribution in [-0.4, -0.2) is 9.97 Å². The van der Waals surface area contributed by atoms with E-state index < -0.39 is 0 Å². The van der Waals surface area contributed by atoms with E-state index in [9.17, 15) is 0 Å². The fourth-order valence-electron chi connectivity index (χ4n) is 2.15. The Hall–Kier alpha value is -1.13. The molecule has 0 bridgehead atoms. The van der Waals surface area contributed by atoms with Crippen molar-refractivity contribution in [2.24, 2.45) is 0 Å². The lowest BCUT2D eigenvalue weighted by Gasteiger charge is -2.05. The summed E-state index contributed by atoms with van der Waals surface area (Å²) in [6.07, 6.45) is 1.93. The summed E-state index contributed by atoms with van der Waals surface area (Å²) in [7, 11) is 0. The molecular weight excluding hydrogens is 260 g/mol. The summed E-state index contributed by atoms with van der Waals surface area (Å²) in [5.74, 6) is 3.07. The number of aromatic amines is 1. The Balaban J connectivity index is 1.78. The SMILES string of the molecule is S=c1nc(CCc2ccccc2)[nH]c2c1CSC2. The largest absolute Gasteiger partial charge is 0.346 e. The normalized spacial score (nSPS) is 13.6. The lowest BCUT2D eigenvalue weighted by Crippen LogP contribution is -2.02. The van der Waals surface area contributed by atoms with E-state index in [0.29, 0.717) is 0 Å². The van der Waals surface area contributed by atoms with E-state index in [1.807, 2.05) is 17.8 Å². The third kappa shape index (κ3) is 2.49. The number of nitrogens with zero attached hydrogens (tertiary/aromatic N) is 1. The Morgan fingerprint density at radius 1 is 1.17 bits per heavy atom. The van der Waals surface area contributed by atoms with Crippen molar-refractivity contribution in [1.29, 1.82) is 0 Å². The molecule has 0 unspecified atom stereocenters. The number of fused-ring (bicyclic) bond motifs is 1. The van der Waals surface area contributed by atoms with Crippen LogP contribution in [0.1, 0.15) is 22.6 Å². The molecular formula is C14H14N2S2. The first-order valence-electron chi connectivity index (χ1n) is 6.05. The van der Waals surface area contributed by atoms with Crippen molar-refractivity contribution in [3.8, 4) is 0 Å². The number of nitrogens with one attached hydrogen (secondary N) is 1. The van der Waals surface area contributed by atoms with Gasteiger partial charge in [-0.3, -0.25) is 0 Å². The lowest BCUT2D eigenvalue weighted by atomic mass is 10.1. The molecule has 0 radical (unpaired) electrons. The van der Waals surface area contributed by atoms with Crippen LogP contribution in [0.25, 0.3) is 0 Å².